The van der Waals surface area contributed by atoms with Gasteiger partial charge >= 0.3 is 0 Å². The van der Waals surface area contributed by atoms with Gasteiger partial charge in [0.25, 0.3) is 11.8 Å². The van der Waals surface area contributed by atoms with Gasteiger partial charge in [0, 0.05) is 42.7 Å². The van der Waals surface area contributed by atoms with E-state index in [0.717, 1.165) is 46.6 Å². The molecule has 1 aliphatic heterocycles. The van der Waals surface area contributed by atoms with Crippen LogP contribution in [0.5, 0.6) is 5.75 Å². The van der Waals surface area contributed by atoms with E-state index in [2.05, 4.69) is 33.1 Å². The topological polar surface area (TPSA) is 127 Å². The summed E-state index contributed by atoms with van der Waals surface area (Å²) in [5.41, 5.74) is 3.35. The molecular formula is C28H26N6O4. The van der Waals surface area contributed by atoms with E-state index in [9.17, 15) is 14.4 Å². The molecule has 0 radical (unpaired) electrons. The summed E-state index contributed by atoms with van der Waals surface area (Å²) in [5.74, 6) is 4.90. The van der Waals surface area contributed by atoms with Crippen molar-refractivity contribution in [2.45, 2.75) is 18.5 Å². The molecule has 0 bridgehead atoms. The summed E-state index contributed by atoms with van der Waals surface area (Å²) in [6.45, 7) is 1.06. The van der Waals surface area contributed by atoms with Crippen LogP contribution in [-0.2, 0) is 17.8 Å². The van der Waals surface area contributed by atoms with Crippen molar-refractivity contribution in [1.82, 2.24) is 30.5 Å². The number of aromatic nitrogens is 3. The number of hydrogen-bond acceptors (Lipinski definition) is 7. The van der Waals surface area contributed by atoms with Crippen LogP contribution in [0, 0.1) is 40.9 Å². The minimum Gasteiger partial charge on any atom is -0.486 e. The number of ketones is 1. The molecule has 10 heteroatoms. The predicted molar refractivity (Wildman–Crippen MR) is 132 cm³/mol. The first-order valence-corrected chi connectivity index (χ1v) is 13.4. The fraction of sp³-hybridized carbons (Fsp3) is 0.464. The highest BCUT2D eigenvalue weighted by Crippen LogP contribution is 3.06. The van der Waals surface area contributed by atoms with Gasteiger partial charge < -0.3 is 20.7 Å². The number of benzene rings is 1. The van der Waals surface area contributed by atoms with Crippen molar-refractivity contribution in [3.8, 4) is 5.75 Å². The molecule has 0 atom stereocenters. The average Bonchev–Trinajstić information content (AvgIpc) is 3.42. The standard InChI is InChI=1S/C28H26N6O4/c1-29-28-22-19-23(28)21-24(28)20(22)27(19,21)11-31-26(37)16-8-15(33-18-4-5-32-34(16)18)25(36)30-9-12-2-3-17-13(6-12)7-14(35)10-38-17/h2-6,8,19-24,29H,7,9-11H2,1H3,(H,30,36)(H,31,37). The summed E-state index contributed by atoms with van der Waals surface area (Å²) < 4.78 is 6.93. The van der Waals surface area contributed by atoms with Crippen LogP contribution in [0.4, 0.5) is 0 Å². The van der Waals surface area contributed by atoms with E-state index in [0.29, 0.717) is 41.0 Å². The zero-order valence-corrected chi connectivity index (χ0v) is 20.7. The third kappa shape index (κ3) is 2.10. The van der Waals surface area contributed by atoms with E-state index in [-0.39, 0.29) is 36.4 Å². The molecule has 6 fully saturated rings. The Labute approximate surface area is 217 Å². The third-order valence-corrected chi connectivity index (χ3v) is 11.0. The van der Waals surface area contributed by atoms with E-state index in [1.165, 1.54) is 10.6 Å². The maximum atomic E-state index is 13.3. The number of nitrogens with one attached hydrogen (secondary N) is 3. The van der Waals surface area contributed by atoms with E-state index >= 15 is 0 Å². The molecule has 6 saturated carbocycles. The lowest BCUT2D eigenvalue weighted by Crippen LogP contribution is -3.15. The summed E-state index contributed by atoms with van der Waals surface area (Å²) in [4.78, 5) is 42.5. The molecule has 3 N–H and O–H groups in total. The van der Waals surface area contributed by atoms with Crippen LogP contribution in [0.1, 0.15) is 32.1 Å². The van der Waals surface area contributed by atoms with E-state index in [1.807, 2.05) is 18.2 Å². The number of carbonyl (C=O) groups excluding carboxylic acids is 3. The molecule has 10 nitrogen and oxygen atoms in total. The van der Waals surface area contributed by atoms with Crippen molar-refractivity contribution in [1.29, 1.82) is 0 Å². The first-order valence-electron chi connectivity index (χ1n) is 13.4. The van der Waals surface area contributed by atoms with E-state index < -0.39 is 0 Å². The van der Waals surface area contributed by atoms with E-state index in [1.54, 1.807) is 12.3 Å². The van der Waals surface area contributed by atoms with E-state index in [4.69, 9.17) is 4.74 Å². The van der Waals surface area contributed by atoms with Crippen LogP contribution in [0.3, 0.4) is 0 Å². The Morgan fingerprint density at radius 1 is 1.05 bits per heavy atom. The van der Waals surface area contributed by atoms with Crippen LogP contribution in [-0.4, -0.2) is 57.9 Å². The van der Waals surface area contributed by atoms with Crippen molar-refractivity contribution in [3.63, 3.8) is 0 Å². The second kappa shape index (κ2) is 6.61. The molecule has 2 aromatic heterocycles. The minimum absolute atomic E-state index is 0.0319. The lowest BCUT2D eigenvalue weighted by atomic mass is 8.94. The van der Waals surface area contributed by atoms with Crippen molar-refractivity contribution < 1.29 is 19.1 Å². The molecule has 10 rings (SSSR count). The van der Waals surface area contributed by atoms with Gasteiger partial charge in [-0.15, -0.1) is 0 Å². The Kier molecular flexibility index (Phi) is 3.68. The molecule has 192 valence electrons. The molecule has 6 aliphatic carbocycles. The van der Waals surface area contributed by atoms with Gasteiger partial charge in [-0.25, -0.2) is 9.50 Å². The van der Waals surface area contributed by atoms with Gasteiger partial charge in [-0.1, -0.05) is 6.07 Å². The second-order valence-electron chi connectivity index (χ2n) is 11.9. The Bertz CT molecular complexity index is 1570. The van der Waals surface area contributed by atoms with Gasteiger partial charge in [-0.2, -0.15) is 5.10 Å². The predicted octanol–water partition coefficient (Wildman–Crippen LogP) is 0.603. The number of ether oxygens (including phenoxy) is 1. The number of Topliss-reactive ketones (excluding diaryl/α,β-unsaturated/α-hetero) is 1. The van der Waals surface area contributed by atoms with Crippen LogP contribution < -0.4 is 20.7 Å². The Morgan fingerprint density at radius 3 is 2.61 bits per heavy atom. The monoisotopic (exact) mass is 510 g/mol. The van der Waals surface area contributed by atoms with Crippen molar-refractivity contribution in [2.24, 2.45) is 40.9 Å². The highest BCUT2D eigenvalue weighted by atomic mass is 16.5. The first-order chi connectivity index (χ1) is 18.5. The van der Waals surface area contributed by atoms with Gasteiger partial charge in [0.2, 0.25) is 0 Å². The highest BCUT2D eigenvalue weighted by Gasteiger charge is 3.09. The fourth-order valence-electron chi connectivity index (χ4n) is 9.84. The summed E-state index contributed by atoms with van der Waals surface area (Å²) >= 11 is 0. The summed E-state index contributed by atoms with van der Waals surface area (Å²) in [5, 5.41) is 13.9. The van der Waals surface area contributed by atoms with Gasteiger partial charge in [0.15, 0.2) is 11.4 Å². The fourth-order valence-corrected chi connectivity index (χ4v) is 9.84. The zero-order valence-electron chi connectivity index (χ0n) is 20.7. The van der Waals surface area contributed by atoms with Crippen LogP contribution in [0.2, 0.25) is 0 Å². The molecule has 2 amide bonds. The molecule has 3 heterocycles. The van der Waals surface area contributed by atoms with Crippen LogP contribution in [0.25, 0.3) is 5.65 Å². The molecule has 3 aromatic rings. The van der Waals surface area contributed by atoms with Crippen molar-refractivity contribution in [2.75, 3.05) is 20.2 Å². The first kappa shape index (κ1) is 21.2. The minimum atomic E-state index is -0.383. The van der Waals surface area contributed by atoms with Gasteiger partial charge in [-0.3, -0.25) is 14.4 Å². The number of hydrogen-bond donors (Lipinski definition) is 3. The zero-order chi connectivity index (χ0) is 25.6. The average molecular weight is 511 g/mol. The van der Waals surface area contributed by atoms with Crippen molar-refractivity contribution >= 4 is 23.2 Å². The SMILES string of the molecule is CNC12C3C4C1C1C2C3C41CNC(=O)c1cc(C(=O)NCc2ccc3c(c2)CC(=O)CO3)nc2ccnn12. The molecule has 0 saturated heterocycles. The maximum Gasteiger partial charge on any atom is 0.270 e. The second-order valence-corrected chi connectivity index (χ2v) is 11.9. The summed E-state index contributed by atoms with van der Waals surface area (Å²) in [6, 6.07) is 8.76. The molecule has 38 heavy (non-hydrogen) atoms. The Balaban J connectivity index is 0.909. The summed E-state index contributed by atoms with van der Waals surface area (Å²) in [7, 11) is 2.10. The normalized spacial score (nSPS) is 37.3. The summed E-state index contributed by atoms with van der Waals surface area (Å²) in [6.07, 6.45) is 1.91. The quantitative estimate of drug-likeness (QED) is 0.425. The molecule has 0 spiro atoms. The number of amides is 2. The molecular weight excluding hydrogens is 484 g/mol. The van der Waals surface area contributed by atoms with Crippen molar-refractivity contribution in [3.05, 3.63) is 59.0 Å². The lowest BCUT2D eigenvalue weighted by molar-refractivity contribution is -0.623. The Morgan fingerprint density at radius 2 is 1.84 bits per heavy atom. The molecule has 7 aliphatic rings. The smallest absolute Gasteiger partial charge is 0.270 e. The van der Waals surface area contributed by atoms with Gasteiger partial charge in [0.1, 0.15) is 23.7 Å². The number of carbonyl (C=O) groups is 3. The number of fused-ring (bicyclic) bond motifs is 2. The molecule has 1 aromatic carbocycles. The van der Waals surface area contributed by atoms with Gasteiger partial charge in [0.05, 0.1) is 6.20 Å². The maximum absolute atomic E-state index is 13.3. The number of rotatable bonds is 7. The molecule has 0 unspecified atom stereocenters. The van der Waals surface area contributed by atoms with Crippen LogP contribution in [0.15, 0.2) is 36.5 Å². The highest BCUT2D eigenvalue weighted by molar-refractivity contribution is 5.98. The third-order valence-electron chi connectivity index (χ3n) is 11.0. The lowest BCUT2D eigenvalue weighted by Gasteiger charge is -3.11. The Hall–Kier alpha value is -3.79. The number of nitrogens with zero attached hydrogens (tertiary/aromatic N) is 3. The largest absolute Gasteiger partial charge is 0.486 e. The van der Waals surface area contributed by atoms with Gasteiger partial charge in [-0.05, 0) is 65.7 Å². The van der Waals surface area contributed by atoms with Crippen LogP contribution >= 0.6 is 0 Å².